The quantitative estimate of drug-likeness (QED) is 0.484. The number of carbonyl (C=O) groups excluding carboxylic acids is 2. The Labute approximate surface area is 158 Å². The number of pyridine rings is 1. The van der Waals surface area contributed by atoms with Crippen LogP contribution in [0, 0.1) is 0 Å². The van der Waals surface area contributed by atoms with Gasteiger partial charge in [0.05, 0.1) is 11.6 Å². The van der Waals surface area contributed by atoms with Gasteiger partial charge >= 0.3 is 0 Å². The molecule has 140 valence electrons. The highest BCUT2D eigenvalue weighted by Gasteiger charge is 2.45. The number of aromatic nitrogens is 1. The highest BCUT2D eigenvalue weighted by molar-refractivity contribution is 6.46. The lowest BCUT2D eigenvalue weighted by atomic mass is 9.96. The van der Waals surface area contributed by atoms with Crippen molar-refractivity contribution in [1.29, 1.82) is 0 Å². The summed E-state index contributed by atoms with van der Waals surface area (Å²) < 4.78 is 0. The van der Waals surface area contributed by atoms with E-state index in [-0.39, 0.29) is 11.3 Å². The molecule has 1 N–H and O–H groups in total. The van der Waals surface area contributed by atoms with Crippen molar-refractivity contribution >= 4 is 17.4 Å². The van der Waals surface area contributed by atoms with E-state index in [9.17, 15) is 14.7 Å². The van der Waals surface area contributed by atoms with Crippen LogP contribution in [0.25, 0.3) is 5.76 Å². The molecule has 1 aromatic carbocycles. The summed E-state index contributed by atoms with van der Waals surface area (Å²) >= 11 is 0. The second kappa shape index (κ2) is 8.14. The molecule has 0 radical (unpaired) electrons. The second-order valence-electron chi connectivity index (χ2n) is 6.80. The Morgan fingerprint density at radius 3 is 2.41 bits per heavy atom. The van der Waals surface area contributed by atoms with Gasteiger partial charge in [0, 0.05) is 24.5 Å². The van der Waals surface area contributed by atoms with Crippen LogP contribution in [0.5, 0.6) is 0 Å². The maximum Gasteiger partial charge on any atom is 0.295 e. The van der Waals surface area contributed by atoms with E-state index in [0.29, 0.717) is 12.1 Å². The first-order valence-electron chi connectivity index (χ1n) is 8.89. The van der Waals surface area contributed by atoms with Gasteiger partial charge in [-0.3, -0.25) is 14.6 Å². The number of aliphatic hydroxyl groups excluding tert-OH is 1. The van der Waals surface area contributed by atoms with E-state index >= 15 is 0 Å². The van der Waals surface area contributed by atoms with E-state index < -0.39 is 17.7 Å². The summed E-state index contributed by atoms with van der Waals surface area (Å²) in [6.45, 7) is 1.23. The minimum absolute atomic E-state index is 0.127. The summed E-state index contributed by atoms with van der Waals surface area (Å²) in [6, 6.07) is 11.8. The summed E-state index contributed by atoms with van der Waals surface area (Å²) in [5.41, 5.74) is 1.40. The predicted molar refractivity (Wildman–Crippen MR) is 103 cm³/mol. The summed E-state index contributed by atoms with van der Waals surface area (Å²) in [5, 5.41) is 10.8. The molecule has 1 saturated heterocycles. The van der Waals surface area contributed by atoms with Crippen LogP contribution < -0.4 is 0 Å². The number of likely N-dealkylation sites (tertiary alicyclic amines) is 1. The number of hydrogen-bond donors (Lipinski definition) is 1. The number of nitrogens with zero attached hydrogens (tertiary/aromatic N) is 3. The number of rotatable bonds is 6. The van der Waals surface area contributed by atoms with E-state index in [1.807, 2.05) is 25.1 Å². The summed E-state index contributed by atoms with van der Waals surface area (Å²) in [5.74, 6) is -1.37. The molecule has 6 nitrogen and oxygen atoms in total. The van der Waals surface area contributed by atoms with Crippen LogP contribution in [0.3, 0.4) is 0 Å². The number of ketones is 1. The van der Waals surface area contributed by atoms with Crippen molar-refractivity contribution in [2.75, 3.05) is 27.2 Å². The fraction of sp³-hybridized carbons (Fsp3) is 0.286. The van der Waals surface area contributed by atoms with Gasteiger partial charge < -0.3 is 14.9 Å². The molecule has 27 heavy (non-hydrogen) atoms. The molecule has 0 saturated carbocycles. The Hall–Kier alpha value is -2.99. The van der Waals surface area contributed by atoms with Crippen LogP contribution in [0.2, 0.25) is 0 Å². The third-order valence-corrected chi connectivity index (χ3v) is 4.61. The van der Waals surface area contributed by atoms with Crippen molar-refractivity contribution in [2.45, 2.75) is 12.5 Å². The van der Waals surface area contributed by atoms with Gasteiger partial charge in [-0.05, 0) is 44.8 Å². The molecule has 1 atom stereocenters. The topological polar surface area (TPSA) is 73.7 Å². The lowest BCUT2D eigenvalue weighted by Gasteiger charge is -2.25. The smallest absolute Gasteiger partial charge is 0.295 e. The molecule has 1 amide bonds. The average molecular weight is 365 g/mol. The zero-order valence-corrected chi connectivity index (χ0v) is 15.5. The largest absolute Gasteiger partial charge is 0.507 e. The molecule has 6 heteroatoms. The molecule has 1 aromatic heterocycles. The first-order valence-corrected chi connectivity index (χ1v) is 8.89. The van der Waals surface area contributed by atoms with Crippen LogP contribution in [0.4, 0.5) is 0 Å². The van der Waals surface area contributed by atoms with Gasteiger partial charge in [0.25, 0.3) is 11.7 Å². The van der Waals surface area contributed by atoms with Crippen molar-refractivity contribution < 1.29 is 14.7 Å². The third-order valence-electron chi connectivity index (χ3n) is 4.61. The molecular weight excluding hydrogens is 342 g/mol. The Bertz CT molecular complexity index is 847. The standard InChI is InChI=1S/C21H23N3O3/c1-23(2)13-6-14-24-18(15-9-11-22-12-10-15)17(20(26)21(24)27)19(25)16-7-4-3-5-8-16/h3-5,7-12,18,25H,6,13-14H2,1-2H3/b19-17+/t18-/m0/s1. The number of Topliss-reactive ketones (excluding diaryl/α,β-unsaturated/α-hetero) is 1. The van der Waals surface area contributed by atoms with E-state index in [1.54, 1.807) is 53.7 Å². The Kier molecular flexibility index (Phi) is 5.66. The number of carbonyl (C=O) groups is 2. The van der Waals surface area contributed by atoms with Crippen molar-refractivity contribution in [1.82, 2.24) is 14.8 Å². The second-order valence-corrected chi connectivity index (χ2v) is 6.80. The molecular formula is C21H23N3O3. The minimum Gasteiger partial charge on any atom is -0.507 e. The molecule has 0 aliphatic carbocycles. The molecule has 0 spiro atoms. The Morgan fingerprint density at radius 2 is 1.78 bits per heavy atom. The molecule has 2 heterocycles. The van der Waals surface area contributed by atoms with Gasteiger partial charge in [-0.2, -0.15) is 0 Å². The molecule has 3 rings (SSSR count). The SMILES string of the molecule is CN(C)CCCN1C(=O)C(=O)/C(=C(/O)c2ccccc2)[C@@H]1c1ccncc1. The zero-order chi connectivity index (χ0) is 19.4. The van der Waals surface area contributed by atoms with Crippen LogP contribution in [0.15, 0.2) is 60.4 Å². The molecule has 0 bridgehead atoms. The average Bonchev–Trinajstić information content (AvgIpc) is 2.93. The summed E-state index contributed by atoms with van der Waals surface area (Å²) in [7, 11) is 3.92. The van der Waals surface area contributed by atoms with Crippen LogP contribution in [0.1, 0.15) is 23.6 Å². The fourth-order valence-corrected chi connectivity index (χ4v) is 3.31. The third kappa shape index (κ3) is 3.90. The highest BCUT2D eigenvalue weighted by Crippen LogP contribution is 2.39. The van der Waals surface area contributed by atoms with Crippen LogP contribution in [-0.2, 0) is 9.59 Å². The molecule has 2 aromatic rings. The number of hydrogen-bond acceptors (Lipinski definition) is 5. The monoisotopic (exact) mass is 365 g/mol. The van der Waals surface area contributed by atoms with Gasteiger partial charge in [0.2, 0.25) is 0 Å². The molecule has 0 unspecified atom stereocenters. The van der Waals surface area contributed by atoms with Gasteiger partial charge in [0.1, 0.15) is 5.76 Å². The Balaban J connectivity index is 2.05. The Morgan fingerprint density at radius 1 is 1.11 bits per heavy atom. The van der Waals surface area contributed by atoms with E-state index in [0.717, 1.165) is 18.5 Å². The van der Waals surface area contributed by atoms with E-state index in [4.69, 9.17) is 0 Å². The lowest BCUT2D eigenvalue weighted by molar-refractivity contribution is -0.139. The lowest BCUT2D eigenvalue weighted by Crippen LogP contribution is -2.32. The van der Waals surface area contributed by atoms with Gasteiger partial charge in [0.15, 0.2) is 0 Å². The van der Waals surface area contributed by atoms with Crippen LogP contribution in [-0.4, -0.2) is 58.8 Å². The van der Waals surface area contributed by atoms with Crippen LogP contribution >= 0.6 is 0 Å². The molecule has 1 aliphatic heterocycles. The van der Waals surface area contributed by atoms with E-state index in [2.05, 4.69) is 4.98 Å². The first kappa shape index (κ1) is 18.8. The number of aliphatic hydroxyl groups is 1. The van der Waals surface area contributed by atoms with Crippen molar-refractivity contribution in [3.63, 3.8) is 0 Å². The molecule has 1 fully saturated rings. The first-order chi connectivity index (χ1) is 13.0. The van der Waals surface area contributed by atoms with Crippen molar-refractivity contribution in [3.05, 3.63) is 71.6 Å². The maximum atomic E-state index is 12.8. The van der Waals surface area contributed by atoms with Gasteiger partial charge in [-0.25, -0.2) is 0 Å². The summed E-state index contributed by atoms with van der Waals surface area (Å²) in [6.07, 6.45) is 3.97. The number of benzene rings is 1. The van der Waals surface area contributed by atoms with E-state index in [1.165, 1.54) is 0 Å². The van der Waals surface area contributed by atoms with Gasteiger partial charge in [-0.15, -0.1) is 0 Å². The maximum absolute atomic E-state index is 12.8. The zero-order valence-electron chi connectivity index (χ0n) is 15.5. The molecule has 1 aliphatic rings. The summed E-state index contributed by atoms with van der Waals surface area (Å²) in [4.78, 5) is 33.1. The predicted octanol–water partition coefficient (Wildman–Crippen LogP) is 2.46. The normalized spacial score (nSPS) is 19.1. The highest BCUT2D eigenvalue weighted by atomic mass is 16.3. The van der Waals surface area contributed by atoms with Crippen molar-refractivity contribution in [3.8, 4) is 0 Å². The van der Waals surface area contributed by atoms with Crippen molar-refractivity contribution in [2.24, 2.45) is 0 Å². The van der Waals surface area contributed by atoms with Gasteiger partial charge in [-0.1, -0.05) is 30.3 Å². The minimum atomic E-state index is -0.650. The fourth-order valence-electron chi connectivity index (χ4n) is 3.31. The number of amides is 1.